The molecule has 0 bridgehead atoms. The zero-order valence-electron chi connectivity index (χ0n) is 11.5. The van der Waals surface area contributed by atoms with E-state index in [4.69, 9.17) is 15.2 Å². The van der Waals surface area contributed by atoms with Crippen LogP contribution in [0, 0.1) is 5.41 Å². The van der Waals surface area contributed by atoms with Crippen LogP contribution in [0.3, 0.4) is 0 Å². The lowest BCUT2D eigenvalue weighted by Gasteiger charge is -2.33. The number of rotatable bonds is 5. The van der Waals surface area contributed by atoms with Crippen molar-refractivity contribution in [2.45, 2.75) is 32.9 Å². The minimum atomic E-state index is -0.433. The number of aliphatic hydroxyl groups excluding tert-OH is 1. The predicted octanol–water partition coefficient (Wildman–Crippen LogP) is 1.81. The first-order chi connectivity index (χ1) is 8.38. The van der Waals surface area contributed by atoms with Crippen LogP contribution >= 0.6 is 0 Å². The second-order valence-electron chi connectivity index (χ2n) is 5.41. The van der Waals surface area contributed by atoms with Crippen LogP contribution in [-0.4, -0.2) is 31.0 Å². The molecule has 0 spiro atoms. The first-order valence-corrected chi connectivity index (χ1v) is 6.05. The largest absolute Gasteiger partial charge is 0.497 e. The van der Waals surface area contributed by atoms with Gasteiger partial charge in [0.1, 0.15) is 17.6 Å². The van der Waals surface area contributed by atoms with Gasteiger partial charge in [-0.25, -0.2) is 0 Å². The molecule has 0 radical (unpaired) electrons. The Kier molecular flexibility index (Phi) is 4.99. The Morgan fingerprint density at radius 2 is 1.89 bits per heavy atom. The maximum Gasteiger partial charge on any atom is 0.137 e. The van der Waals surface area contributed by atoms with Gasteiger partial charge in [-0.15, -0.1) is 0 Å². The van der Waals surface area contributed by atoms with Gasteiger partial charge in [-0.1, -0.05) is 26.8 Å². The summed E-state index contributed by atoms with van der Waals surface area (Å²) in [5, 5.41) is 9.41. The highest BCUT2D eigenvalue weighted by Crippen LogP contribution is 2.25. The van der Waals surface area contributed by atoms with Crippen molar-refractivity contribution < 1.29 is 14.6 Å². The minimum Gasteiger partial charge on any atom is -0.497 e. The highest BCUT2D eigenvalue weighted by atomic mass is 16.5. The second kappa shape index (κ2) is 6.07. The van der Waals surface area contributed by atoms with Crippen LogP contribution in [0.25, 0.3) is 0 Å². The maximum absolute atomic E-state index is 9.41. The third-order valence-electron chi connectivity index (χ3n) is 2.91. The predicted molar refractivity (Wildman–Crippen MR) is 71.9 cm³/mol. The molecule has 1 aromatic carbocycles. The molecule has 0 saturated heterocycles. The first-order valence-electron chi connectivity index (χ1n) is 6.05. The topological polar surface area (TPSA) is 64.7 Å². The number of benzene rings is 1. The molecule has 4 heteroatoms. The van der Waals surface area contributed by atoms with Crippen molar-refractivity contribution in [2.75, 3.05) is 13.7 Å². The van der Waals surface area contributed by atoms with Crippen LogP contribution in [0.2, 0.25) is 0 Å². The van der Waals surface area contributed by atoms with Crippen LogP contribution < -0.4 is 15.2 Å². The van der Waals surface area contributed by atoms with Gasteiger partial charge in [0.25, 0.3) is 0 Å². The van der Waals surface area contributed by atoms with E-state index >= 15 is 0 Å². The van der Waals surface area contributed by atoms with Crippen LogP contribution in [0.1, 0.15) is 20.8 Å². The smallest absolute Gasteiger partial charge is 0.137 e. The summed E-state index contributed by atoms with van der Waals surface area (Å²) < 4.78 is 10.9. The van der Waals surface area contributed by atoms with Crippen molar-refractivity contribution in [1.82, 2.24) is 0 Å². The summed E-state index contributed by atoms with van der Waals surface area (Å²) >= 11 is 0. The number of hydrogen-bond acceptors (Lipinski definition) is 4. The van der Waals surface area contributed by atoms with Gasteiger partial charge in [-0.3, -0.25) is 0 Å². The molecule has 0 aliphatic heterocycles. The van der Waals surface area contributed by atoms with E-state index in [9.17, 15) is 5.11 Å². The molecule has 1 rings (SSSR count). The van der Waals surface area contributed by atoms with Crippen LogP contribution in [0.5, 0.6) is 11.5 Å². The summed E-state index contributed by atoms with van der Waals surface area (Å²) in [5.74, 6) is 1.36. The Labute approximate surface area is 109 Å². The van der Waals surface area contributed by atoms with E-state index in [1.807, 2.05) is 39.0 Å². The van der Waals surface area contributed by atoms with Gasteiger partial charge in [-0.05, 0) is 17.5 Å². The fourth-order valence-corrected chi connectivity index (χ4v) is 1.63. The molecule has 18 heavy (non-hydrogen) atoms. The zero-order chi connectivity index (χ0) is 13.8. The van der Waals surface area contributed by atoms with Crippen molar-refractivity contribution in [1.29, 1.82) is 0 Å². The Hall–Kier alpha value is -1.26. The summed E-state index contributed by atoms with van der Waals surface area (Å²) in [6.07, 6.45) is -0.433. The number of aliphatic hydroxyl groups is 1. The van der Waals surface area contributed by atoms with Gasteiger partial charge in [0.05, 0.1) is 13.7 Å². The molecule has 0 amide bonds. The molecule has 4 nitrogen and oxygen atoms in total. The van der Waals surface area contributed by atoms with Crippen LogP contribution in [0.15, 0.2) is 24.3 Å². The molecule has 2 atom stereocenters. The highest BCUT2D eigenvalue weighted by Gasteiger charge is 2.30. The monoisotopic (exact) mass is 253 g/mol. The molecular weight excluding hydrogens is 230 g/mol. The van der Waals surface area contributed by atoms with Gasteiger partial charge in [0.2, 0.25) is 0 Å². The Bertz CT molecular complexity index is 374. The molecule has 0 aliphatic carbocycles. The molecule has 1 aromatic rings. The van der Waals surface area contributed by atoms with Gasteiger partial charge < -0.3 is 20.3 Å². The van der Waals surface area contributed by atoms with E-state index in [-0.39, 0.29) is 18.1 Å². The lowest BCUT2D eigenvalue weighted by atomic mass is 9.84. The van der Waals surface area contributed by atoms with Gasteiger partial charge in [-0.2, -0.15) is 0 Å². The molecular formula is C14H23NO3. The van der Waals surface area contributed by atoms with E-state index in [0.717, 1.165) is 0 Å². The van der Waals surface area contributed by atoms with Crippen molar-refractivity contribution >= 4 is 0 Å². The summed E-state index contributed by atoms with van der Waals surface area (Å²) in [7, 11) is 1.60. The number of hydrogen-bond donors (Lipinski definition) is 2. The number of ether oxygens (including phenoxy) is 2. The third kappa shape index (κ3) is 3.89. The van der Waals surface area contributed by atoms with E-state index in [1.54, 1.807) is 13.2 Å². The van der Waals surface area contributed by atoms with Crippen molar-refractivity contribution in [3.8, 4) is 11.5 Å². The first kappa shape index (κ1) is 14.8. The van der Waals surface area contributed by atoms with E-state index in [0.29, 0.717) is 11.5 Å². The molecule has 2 unspecified atom stereocenters. The Morgan fingerprint density at radius 3 is 2.39 bits per heavy atom. The van der Waals surface area contributed by atoms with Gasteiger partial charge >= 0.3 is 0 Å². The molecule has 0 aromatic heterocycles. The lowest BCUT2D eigenvalue weighted by Crippen LogP contribution is -2.49. The van der Waals surface area contributed by atoms with E-state index in [1.165, 1.54) is 0 Å². The summed E-state index contributed by atoms with van der Waals surface area (Å²) in [6.45, 7) is 5.95. The summed E-state index contributed by atoms with van der Waals surface area (Å²) in [4.78, 5) is 0. The lowest BCUT2D eigenvalue weighted by molar-refractivity contribution is 0.0590. The van der Waals surface area contributed by atoms with Gasteiger partial charge in [0, 0.05) is 12.1 Å². The van der Waals surface area contributed by atoms with E-state index in [2.05, 4.69) is 0 Å². The average molecular weight is 253 g/mol. The molecule has 0 heterocycles. The van der Waals surface area contributed by atoms with Gasteiger partial charge in [0.15, 0.2) is 0 Å². The Balaban J connectivity index is 2.79. The third-order valence-corrected chi connectivity index (χ3v) is 2.91. The van der Waals surface area contributed by atoms with Crippen molar-refractivity contribution in [3.63, 3.8) is 0 Å². The van der Waals surface area contributed by atoms with Crippen molar-refractivity contribution in [2.24, 2.45) is 11.1 Å². The van der Waals surface area contributed by atoms with E-state index < -0.39 is 6.10 Å². The van der Waals surface area contributed by atoms with Crippen LogP contribution in [0.4, 0.5) is 0 Å². The maximum atomic E-state index is 9.41. The quantitative estimate of drug-likeness (QED) is 0.840. The SMILES string of the molecule is COc1cccc(OC(CO)C(N)C(C)(C)C)c1. The molecule has 0 fully saturated rings. The fourth-order valence-electron chi connectivity index (χ4n) is 1.63. The fraction of sp³-hybridized carbons (Fsp3) is 0.571. The van der Waals surface area contributed by atoms with Crippen molar-refractivity contribution in [3.05, 3.63) is 24.3 Å². The minimum absolute atomic E-state index is 0.115. The highest BCUT2D eigenvalue weighted by molar-refractivity contribution is 5.33. The molecule has 0 saturated carbocycles. The standard InChI is InChI=1S/C14H23NO3/c1-14(2,3)13(15)12(9-16)18-11-7-5-6-10(8-11)17-4/h5-8,12-13,16H,9,15H2,1-4H3. The number of methoxy groups -OCH3 is 1. The molecule has 102 valence electrons. The second-order valence-corrected chi connectivity index (χ2v) is 5.41. The van der Waals surface area contributed by atoms with Crippen LogP contribution in [-0.2, 0) is 0 Å². The molecule has 0 aliphatic rings. The summed E-state index contributed by atoms with van der Waals surface area (Å²) in [6, 6.07) is 7.02. The number of nitrogens with two attached hydrogens (primary N) is 1. The summed E-state index contributed by atoms with van der Waals surface area (Å²) in [5.41, 5.74) is 5.97. The zero-order valence-corrected chi connectivity index (χ0v) is 11.5. The average Bonchev–Trinajstić information content (AvgIpc) is 2.34. The Morgan fingerprint density at radius 1 is 1.28 bits per heavy atom. The normalized spacial score (nSPS) is 15.0. The molecule has 3 N–H and O–H groups in total.